The van der Waals surface area contributed by atoms with Crippen LogP contribution in [0.2, 0.25) is 0 Å². The topological polar surface area (TPSA) is 93.6 Å². The summed E-state index contributed by atoms with van der Waals surface area (Å²) in [6.45, 7) is 1.53. The van der Waals surface area contributed by atoms with E-state index < -0.39 is 5.97 Å². The van der Waals surface area contributed by atoms with Crippen LogP contribution in [0.3, 0.4) is 0 Å². The summed E-state index contributed by atoms with van der Waals surface area (Å²) in [5.41, 5.74) is 4.13. The van der Waals surface area contributed by atoms with Gasteiger partial charge in [0.05, 0.1) is 34.3 Å². The fraction of sp³-hybridized carbons (Fsp3) is 0.265. The number of fused-ring (bicyclic) bond motifs is 6. The Morgan fingerprint density at radius 3 is 2.26 bits per heavy atom. The Labute approximate surface area is 251 Å². The number of imide groups is 1. The molecule has 210 valence electrons. The van der Waals surface area contributed by atoms with Gasteiger partial charge in [-0.15, -0.1) is 0 Å². The van der Waals surface area contributed by atoms with Crippen LogP contribution in [0.1, 0.15) is 45.5 Å². The Morgan fingerprint density at radius 2 is 1.60 bits per heavy atom. The predicted molar refractivity (Wildman–Crippen MR) is 161 cm³/mol. The molecule has 0 N–H and O–H groups in total. The first kappa shape index (κ1) is 26.7. The number of ether oxygens (including phenoxy) is 1. The molecule has 3 aromatic carbocycles. The summed E-state index contributed by atoms with van der Waals surface area (Å²) in [6.07, 6.45) is 3.07. The first-order valence-electron chi connectivity index (χ1n) is 14.1. The third-order valence-corrected chi connectivity index (χ3v) is 9.64. The largest absolute Gasteiger partial charge is 0.454 e. The molecule has 1 saturated heterocycles. The van der Waals surface area contributed by atoms with Crippen molar-refractivity contribution in [3.63, 3.8) is 0 Å². The number of ketones is 1. The highest BCUT2D eigenvalue weighted by atomic mass is 79.9. The Bertz CT molecular complexity index is 1750. The van der Waals surface area contributed by atoms with Crippen molar-refractivity contribution in [2.24, 2.45) is 23.7 Å². The molecule has 0 radical (unpaired) electrons. The minimum atomic E-state index is -0.620. The first-order valence-corrected chi connectivity index (χ1v) is 14.9. The number of nitrogens with zero attached hydrogens (tertiary/aromatic N) is 2. The van der Waals surface area contributed by atoms with Crippen molar-refractivity contribution in [2.75, 3.05) is 11.5 Å². The number of aryl methyl sites for hydroxylation is 1. The molecule has 2 aliphatic carbocycles. The second-order valence-corrected chi connectivity index (χ2v) is 12.4. The Kier molecular flexibility index (Phi) is 6.54. The van der Waals surface area contributed by atoms with Crippen molar-refractivity contribution in [2.45, 2.75) is 26.2 Å². The molecular weight excluding hydrogens is 596 g/mol. The lowest BCUT2D eigenvalue weighted by Gasteiger charge is -2.19. The average Bonchev–Trinajstić information content (AvgIpc) is 3.69. The highest BCUT2D eigenvalue weighted by Crippen LogP contribution is 2.56. The van der Waals surface area contributed by atoms with Crippen molar-refractivity contribution in [3.05, 3.63) is 94.0 Å². The number of carbonyl (C=O) groups is 4. The number of hydrogen-bond acceptors (Lipinski definition) is 6. The SMILES string of the molecule is Cc1cccc2c(C(=O)OCC(=O)c3ccc(Br)cc3)cc(-c3ccc(N4C(=O)C5C6CCC(C6)C5C4=O)cc3)nc12. The van der Waals surface area contributed by atoms with E-state index in [0.717, 1.165) is 34.9 Å². The van der Waals surface area contributed by atoms with E-state index in [1.54, 1.807) is 42.5 Å². The minimum absolute atomic E-state index is 0.0767. The molecule has 8 heteroatoms. The molecule has 3 fully saturated rings. The summed E-state index contributed by atoms with van der Waals surface area (Å²) >= 11 is 3.35. The van der Waals surface area contributed by atoms with Gasteiger partial charge < -0.3 is 4.74 Å². The molecule has 4 atom stereocenters. The molecule has 3 aliphatic rings. The third-order valence-electron chi connectivity index (χ3n) is 9.11. The predicted octanol–water partition coefficient (Wildman–Crippen LogP) is 6.55. The van der Waals surface area contributed by atoms with Crippen molar-refractivity contribution < 1.29 is 23.9 Å². The average molecular weight is 624 g/mol. The van der Waals surface area contributed by atoms with Crippen LogP contribution in [0.4, 0.5) is 5.69 Å². The molecule has 1 aliphatic heterocycles. The van der Waals surface area contributed by atoms with Crippen LogP contribution in [-0.2, 0) is 14.3 Å². The van der Waals surface area contributed by atoms with Crippen LogP contribution < -0.4 is 4.90 Å². The van der Waals surface area contributed by atoms with Gasteiger partial charge in [-0.3, -0.25) is 19.3 Å². The second-order valence-electron chi connectivity index (χ2n) is 11.5. The summed E-state index contributed by atoms with van der Waals surface area (Å²) in [7, 11) is 0. The number of aromatic nitrogens is 1. The van der Waals surface area contributed by atoms with Crippen molar-refractivity contribution in [1.29, 1.82) is 0 Å². The number of anilines is 1. The van der Waals surface area contributed by atoms with Gasteiger partial charge in [-0.1, -0.05) is 58.4 Å². The smallest absolute Gasteiger partial charge is 0.339 e. The van der Waals surface area contributed by atoms with Crippen LogP contribution in [0.25, 0.3) is 22.2 Å². The van der Waals surface area contributed by atoms with Crippen molar-refractivity contribution >= 4 is 56.1 Å². The summed E-state index contributed by atoms with van der Waals surface area (Å²) in [5, 5.41) is 0.630. The lowest BCUT2D eigenvalue weighted by molar-refractivity contribution is -0.123. The Morgan fingerprint density at radius 1 is 0.929 bits per heavy atom. The van der Waals surface area contributed by atoms with Crippen LogP contribution in [0, 0.1) is 30.6 Å². The van der Waals surface area contributed by atoms with Crippen molar-refractivity contribution in [3.8, 4) is 11.3 Å². The van der Waals surface area contributed by atoms with Gasteiger partial charge in [0.2, 0.25) is 11.8 Å². The second kappa shape index (κ2) is 10.3. The number of carbonyl (C=O) groups excluding carboxylic acids is 4. The van der Waals surface area contributed by atoms with E-state index >= 15 is 0 Å². The summed E-state index contributed by atoms with van der Waals surface area (Å²) in [4.78, 5) is 58.7. The zero-order valence-electron chi connectivity index (χ0n) is 22.9. The summed E-state index contributed by atoms with van der Waals surface area (Å²) < 4.78 is 6.32. The molecular formula is C34H27BrN2O5. The van der Waals surface area contributed by atoms with Crippen LogP contribution in [0.15, 0.2) is 77.3 Å². The Hall–Kier alpha value is -4.17. The minimum Gasteiger partial charge on any atom is -0.454 e. The van der Waals surface area contributed by atoms with E-state index in [2.05, 4.69) is 15.9 Å². The standard InChI is InChI=1S/C34H27BrN2O5/c1-18-3-2-4-25-26(34(41)42-17-28(38)20-7-11-23(35)12-8-20)16-27(36-31(18)25)19-9-13-24(14-10-19)37-32(39)29-21-5-6-22(15-21)30(29)33(37)40/h2-4,7-14,16,21-22,29-30H,5-6,15,17H2,1H3. The summed E-state index contributed by atoms with van der Waals surface area (Å²) in [5.74, 6) is -0.770. The highest BCUT2D eigenvalue weighted by Gasteiger charge is 2.61. The summed E-state index contributed by atoms with van der Waals surface area (Å²) in [6, 6.07) is 21.3. The molecule has 2 bridgehead atoms. The molecule has 2 heterocycles. The van der Waals surface area contributed by atoms with E-state index in [4.69, 9.17) is 9.72 Å². The molecule has 0 spiro atoms. The maximum Gasteiger partial charge on any atom is 0.339 e. The molecule has 42 heavy (non-hydrogen) atoms. The zero-order valence-corrected chi connectivity index (χ0v) is 24.5. The number of hydrogen-bond donors (Lipinski definition) is 0. The molecule has 7 rings (SSSR count). The van der Waals surface area contributed by atoms with Crippen LogP contribution >= 0.6 is 15.9 Å². The maximum absolute atomic E-state index is 13.3. The number of rotatable bonds is 6. The molecule has 4 aromatic rings. The van der Waals surface area contributed by atoms with Gasteiger partial charge >= 0.3 is 5.97 Å². The molecule has 1 aromatic heterocycles. The number of amides is 2. The lowest BCUT2D eigenvalue weighted by Crippen LogP contribution is -2.32. The van der Waals surface area contributed by atoms with E-state index in [-0.39, 0.29) is 36.0 Å². The van der Waals surface area contributed by atoms with Gasteiger partial charge in [-0.2, -0.15) is 0 Å². The van der Waals surface area contributed by atoms with E-state index in [0.29, 0.717) is 45.2 Å². The molecule has 2 amide bonds. The fourth-order valence-corrected chi connectivity index (χ4v) is 7.35. The van der Waals surface area contributed by atoms with Crippen molar-refractivity contribution in [1.82, 2.24) is 4.98 Å². The van der Waals surface area contributed by atoms with Crippen LogP contribution in [0.5, 0.6) is 0 Å². The molecule has 7 nitrogen and oxygen atoms in total. The highest BCUT2D eigenvalue weighted by molar-refractivity contribution is 9.10. The number of pyridine rings is 1. The molecule has 2 saturated carbocycles. The fourth-order valence-electron chi connectivity index (χ4n) is 7.08. The van der Waals surface area contributed by atoms with E-state index in [1.807, 2.05) is 37.3 Å². The number of halogens is 1. The number of Topliss-reactive ketones (excluding diaryl/α,β-unsaturated/α-hetero) is 1. The lowest BCUT2D eigenvalue weighted by atomic mass is 9.81. The Balaban J connectivity index is 1.17. The first-order chi connectivity index (χ1) is 20.3. The van der Waals surface area contributed by atoms with Gasteiger partial charge in [0, 0.05) is 21.0 Å². The maximum atomic E-state index is 13.3. The van der Waals surface area contributed by atoms with Crippen LogP contribution in [-0.4, -0.2) is 35.2 Å². The van der Waals surface area contributed by atoms with Gasteiger partial charge in [0.15, 0.2) is 12.4 Å². The quantitative estimate of drug-likeness (QED) is 0.138. The van der Waals surface area contributed by atoms with E-state index in [9.17, 15) is 19.2 Å². The third kappa shape index (κ3) is 4.36. The zero-order chi connectivity index (χ0) is 29.1. The van der Waals surface area contributed by atoms with Gasteiger partial charge in [-0.25, -0.2) is 9.78 Å². The van der Waals surface area contributed by atoms with E-state index in [1.165, 1.54) is 4.90 Å². The number of benzene rings is 3. The normalized spacial score (nSPS) is 22.6. The van der Waals surface area contributed by atoms with Gasteiger partial charge in [-0.05, 0) is 73.9 Å². The number of para-hydroxylation sites is 1. The molecule has 4 unspecified atom stereocenters. The van der Waals surface area contributed by atoms with Gasteiger partial charge in [0.25, 0.3) is 0 Å². The number of esters is 1. The monoisotopic (exact) mass is 622 g/mol. The van der Waals surface area contributed by atoms with Gasteiger partial charge in [0.1, 0.15) is 0 Å².